The Balaban J connectivity index is 2.24. The van der Waals surface area contributed by atoms with Gasteiger partial charge in [0.15, 0.2) is 5.69 Å². The van der Waals surface area contributed by atoms with E-state index in [1.54, 1.807) is 0 Å². The van der Waals surface area contributed by atoms with E-state index in [0.29, 0.717) is 4.79 Å². The van der Waals surface area contributed by atoms with Gasteiger partial charge in [-0.25, -0.2) is 4.79 Å². The van der Waals surface area contributed by atoms with E-state index in [1.165, 1.54) is 12.1 Å². The van der Waals surface area contributed by atoms with E-state index in [4.69, 9.17) is 9.66 Å². The van der Waals surface area contributed by atoms with Crippen LogP contribution in [0.4, 0.5) is 5.69 Å². The minimum Gasteiger partial charge on any atom is -0.492 e. The van der Waals surface area contributed by atoms with Gasteiger partial charge in [-0.05, 0) is 29.5 Å². The number of rotatable bonds is 4. The van der Waals surface area contributed by atoms with Crippen LogP contribution >= 0.6 is 0 Å². The second-order valence-corrected chi connectivity index (χ2v) is 5.16. The Morgan fingerprint density at radius 2 is 1.86 bits per heavy atom. The Labute approximate surface area is 117 Å². The molecule has 0 atom stereocenters. The maximum atomic E-state index is 10.8. The number of aromatic carboxylic acids is 1. The fourth-order valence-electron chi connectivity index (χ4n) is 1.31. The van der Waals surface area contributed by atoms with E-state index in [1.807, 2.05) is 0 Å². The molecule has 1 aromatic carbocycles. The molecule has 0 bridgehead atoms. The first kappa shape index (κ1) is 14.6. The number of carboxylic acid groups (broad SMARTS) is 1. The Bertz CT molecular complexity index is 809. The molecule has 0 spiro atoms. The maximum absolute atomic E-state index is 10.8. The summed E-state index contributed by atoms with van der Waals surface area (Å²) in [5, 5.41) is 28.6. The third kappa shape index (κ3) is 3.40. The lowest BCUT2D eigenvalue weighted by Crippen LogP contribution is -1.98. The van der Waals surface area contributed by atoms with Gasteiger partial charge >= 0.3 is 5.97 Å². The molecule has 0 aliphatic rings. The van der Waals surface area contributed by atoms with Gasteiger partial charge < -0.3 is 10.2 Å². The first-order valence-corrected chi connectivity index (χ1v) is 6.73. The molecule has 1 heterocycles. The van der Waals surface area contributed by atoms with Crippen molar-refractivity contribution in [1.29, 1.82) is 0 Å². The second-order valence-electron chi connectivity index (χ2n) is 3.74. The van der Waals surface area contributed by atoms with E-state index >= 15 is 0 Å². The van der Waals surface area contributed by atoms with Gasteiger partial charge in [-0.15, -0.1) is 10.2 Å². The van der Waals surface area contributed by atoms with Crippen LogP contribution in [0.2, 0.25) is 0 Å². The smallest absolute Gasteiger partial charge is 0.356 e. The number of hydrogen-bond acceptors (Lipinski definition) is 7. The number of benzene rings is 1. The molecule has 0 aliphatic heterocycles. The van der Waals surface area contributed by atoms with Crippen molar-refractivity contribution in [2.45, 2.75) is 4.90 Å². The fourth-order valence-corrected chi connectivity index (χ4v) is 1.79. The van der Waals surface area contributed by atoms with Crippen molar-refractivity contribution in [1.82, 2.24) is 9.89 Å². The second kappa shape index (κ2) is 5.30. The van der Waals surface area contributed by atoms with Crippen molar-refractivity contribution < 1.29 is 28.0 Å². The monoisotopic (exact) mass is 312 g/mol. The van der Waals surface area contributed by atoms with Gasteiger partial charge in [0.1, 0.15) is 0 Å². The molecule has 2 rings (SSSR count). The third-order valence-electron chi connectivity index (χ3n) is 2.27. The van der Waals surface area contributed by atoms with Crippen LogP contribution in [0.3, 0.4) is 0 Å². The zero-order chi connectivity index (χ0) is 15.6. The highest BCUT2D eigenvalue weighted by molar-refractivity contribution is 7.85. The van der Waals surface area contributed by atoms with Crippen LogP contribution < -0.4 is 0 Å². The Morgan fingerprint density at radius 3 is 2.33 bits per heavy atom. The van der Waals surface area contributed by atoms with E-state index in [2.05, 4.69) is 15.4 Å². The molecule has 21 heavy (non-hydrogen) atoms. The Morgan fingerprint density at radius 1 is 1.24 bits per heavy atom. The molecular weight excluding hydrogens is 304 g/mol. The zero-order valence-corrected chi connectivity index (χ0v) is 11.0. The van der Waals surface area contributed by atoms with Crippen molar-refractivity contribution in [3.63, 3.8) is 0 Å². The molecular formula is C10H8N4O6S. The summed E-state index contributed by atoms with van der Waals surface area (Å²) in [6.45, 7) is 0. The number of aromatic nitrogens is 2. The minimum absolute atomic E-state index is 0.203. The summed E-state index contributed by atoms with van der Waals surface area (Å²) in [6, 6.07) is 5.62. The van der Waals surface area contributed by atoms with Crippen LogP contribution in [0.15, 0.2) is 45.6 Å². The average molecular weight is 312 g/mol. The van der Waals surface area contributed by atoms with Crippen LogP contribution in [-0.4, -0.2) is 39.0 Å². The van der Waals surface area contributed by atoms with Crippen molar-refractivity contribution in [3.8, 4) is 5.88 Å². The molecule has 0 saturated carbocycles. The highest BCUT2D eigenvalue weighted by atomic mass is 32.2. The van der Waals surface area contributed by atoms with Gasteiger partial charge in [-0.1, -0.05) is 4.79 Å². The molecule has 10 nitrogen and oxygen atoms in total. The number of aromatic hydroxyl groups is 1. The molecule has 0 fully saturated rings. The molecule has 1 aromatic heterocycles. The summed E-state index contributed by atoms with van der Waals surface area (Å²) in [5.74, 6) is -1.86. The third-order valence-corrected chi connectivity index (χ3v) is 3.14. The van der Waals surface area contributed by atoms with Gasteiger partial charge in [-0.3, -0.25) is 4.55 Å². The first-order valence-electron chi connectivity index (χ1n) is 5.29. The first-order chi connectivity index (χ1) is 9.77. The number of hydrogen-bond donors (Lipinski definition) is 3. The van der Waals surface area contributed by atoms with E-state index < -0.39 is 27.7 Å². The molecule has 11 heteroatoms. The largest absolute Gasteiger partial charge is 0.492 e. The molecule has 0 unspecified atom stereocenters. The summed E-state index contributed by atoms with van der Waals surface area (Å²) >= 11 is 0. The summed E-state index contributed by atoms with van der Waals surface area (Å²) < 4.78 is 30.5. The molecule has 0 saturated heterocycles. The molecule has 0 aliphatic carbocycles. The zero-order valence-electron chi connectivity index (χ0n) is 10.2. The summed E-state index contributed by atoms with van der Waals surface area (Å²) in [7, 11) is -4.29. The van der Waals surface area contributed by atoms with Crippen molar-refractivity contribution in [2.75, 3.05) is 0 Å². The number of nitrogens with zero attached hydrogens (tertiary/aromatic N) is 4. The Hall–Kier alpha value is -2.79. The minimum atomic E-state index is -4.29. The van der Waals surface area contributed by atoms with E-state index in [9.17, 15) is 18.3 Å². The SMILES string of the molecule is O=C(O)c1cc(O)n(N=Nc2ccc(S(=O)(=O)O)cc2)n1. The van der Waals surface area contributed by atoms with Gasteiger partial charge in [0.2, 0.25) is 5.88 Å². The van der Waals surface area contributed by atoms with Gasteiger partial charge in [0, 0.05) is 6.07 Å². The lowest BCUT2D eigenvalue weighted by molar-refractivity contribution is 0.0689. The van der Waals surface area contributed by atoms with E-state index in [0.717, 1.165) is 18.2 Å². The molecule has 2 aromatic rings. The van der Waals surface area contributed by atoms with Crippen LogP contribution in [0.25, 0.3) is 0 Å². The topological polar surface area (TPSA) is 154 Å². The van der Waals surface area contributed by atoms with Crippen LogP contribution in [0, 0.1) is 0 Å². The van der Waals surface area contributed by atoms with Crippen molar-refractivity contribution >= 4 is 21.8 Å². The van der Waals surface area contributed by atoms with Crippen LogP contribution in [-0.2, 0) is 10.1 Å². The standard InChI is InChI=1S/C10H8N4O6S/c15-9-5-8(10(16)17)12-14(9)13-11-6-1-3-7(4-2-6)21(18,19)20/h1-5,15H,(H,16,17)(H,18,19,20). The summed E-state index contributed by atoms with van der Waals surface area (Å²) in [5.41, 5.74) is -0.206. The van der Waals surface area contributed by atoms with Crippen molar-refractivity contribution in [2.24, 2.45) is 10.3 Å². The number of carboxylic acids is 1. The summed E-state index contributed by atoms with van der Waals surface area (Å²) in [4.78, 5) is 10.9. The highest BCUT2D eigenvalue weighted by Gasteiger charge is 2.12. The average Bonchev–Trinajstić information content (AvgIpc) is 2.77. The lowest BCUT2D eigenvalue weighted by Gasteiger charge is -1.97. The maximum Gasteiger partial charge on any atom is 0.356 e. The molecule has 110 valence electrons. The summed E-state index contributed by atoms with van der Waals surface area (Å²) in [6.07, 6.45) is 0. The van der Waals surface area contributed by atoms with Gasteiger partial charge in [-0.2, -0.15) is 8.42 Å². The van der Waals surface area contributed by atoms with Gasteiger partial charge in [0.05, 0.1) is 10.6 Å². The van der Waals surface area contributed by atoms with Crippen LogP contribution in [0.1, 0.15) is 10.5 Å². The Kier molecular flexibility index (Phi) is 3.69. The molecule has 3 N–H and O–H groups in total. The van der Waals surface area contributed by atoms with Crippen molar-refractivity contribution in [3.05, 3.63) is 36.0 Å². The number of carbonyl (C=O) groups is 1. The predicted molar refractivity (Wildman–Crippen MR) is 67.0 cm³/mol. The van der Waals surface area contributed by atoms with E-state index in [-0.39, 0.29) is 10.6 Å². The van der Waals surface area contributed by atoms with Crippen LogP contribution in [0.5, 0.6) is 5.88 Å². The highest BCUT2D eigenvalue weighted by Crippen LogP contribution is 2.18. The molecule has 0 radical (unpaired) electrons. The normalized spacial score (nSPS) is 11.9. The predicted octanol–water partition coefficient (Wildman–Crippen LogP) is 1.08. The van der Waals surface area contributed by atoms with Gasteiger partial charge in [0.25, 0.3) is 10.1 Å². The lowest BCUT2D eigenvalue weighted by atomic mass is 10.3. The quantitative estimate of drug-likeness (QED) is 0.563. The molecule has 0 amide bonds. The fraction of sp³-hybridized carbons (Fsp3) is 0.